The third kappa shape index (κ3) is 2.23. The first kappa shape index (κ1) is 12.6. The zero-order chi connectivity index (χ0) is 13.3. The Bertz CT molecular complexity index is 475. The minimum absolute atomic E-state index is 0.00562. The van der Waals surface area contributed by atoms with Crippen molar-refractivity contribution in [1.29, 1.82) is 0 Å². The first-order chi connectivity index (χ1) is 8.41. The summed E-state index contributed by atoms with van der Waals surface area (Å²) in [4.78, 5) is 22.8. The number of nitrogens with one attached hydrogen (secondary N) is 1. The smallest absolute Gasteiger partial charge is 0.331 e. The number of carbonyl (C=O) groups excluding carboxylic acids is 1. The van der Waals surface area contributed by atoms with Crippen LogP contribution in [0.2, 0.25) is 0 Å². The van der Waals surface area contributed by atoms with Crippen molar-refractivity contribution in [3.05, 3.63) is 12.4 Å². The van der Waals surface area contributed by atoms with Gasteiger partial charge in [0.25, 0.3) is 0 Å². The van der Waals surface area contributed by atoms with Crippen LogP contribution >= 0.6 is 0 Å². The van der Waals surface area contributed by atoms with Gasteiger partial charge >= 0.3 is 5.97 Å². The molecule has 0 atom stereocenters. The van der Waals surface area contributed by atoms with Gasteiger partial charge in [-0.15, -0.1) is 0 Å². The minimum atomic E-state index is -1.13. The molecule has 0 spiro atoms. The molecule has 0 aliphatic heterocycles. The van der Waals surface area contributed by atoms with Crippen molar-refractivity contribution in [3.8, 4) is 0 Å². The highest BCUT2D eigenvalue weighted by Gasteiger charge is 2.31. The summed E-state index contributed by atoms with van der Waals surface area (Å²) in [5.41, 5.74) is -0.583. The van der Waals surface area contributed by atoms with Crippen LogP contribution in [0.1, 0.15) is 33.1 Å². The third-order valence-electron chi connectivity index (χ3n) is 3.42. The average Bonchev–Trinajstić information content (AvgIpc) is 2.63. The molecular formula is C12H17N3O3. The molecular weight excluding hydrogens is 234 g/mol. The van der Waals surface area contributed by atoms with E-state index in [1.165, 1.54) is 10.9 Å². The molecule has 98 valence electrons. The maximum atomic E-state index is 11.7. The molecule has 6 nitrogen and oxygen atoms in total. The van der Waals surface area contributed by atoms with E-state index in [9.17, 15) is 9.59 Å². The number of aliphatic carboxylic acids is 1. The van der Waals surface area contributed by atoms with E-state index in [2.05, 4.69) is 10.4 Å². The molecule has 0 saturated heterocycles. The molecule has 1 aliphatic rings. The first-order valence-electron chi connectivity index (χ1n) is 6.00. The number of carbonyl (C=O) groups is 2. The number of rotatable bonds is 4. The van der Waals surface area contributed by atoms with Crippen LogP contribution in [0, 0.1) is 5.92 Å². The first-order valence-corrected chi connectivity index (χ1v) is 6.00. The summed E-state index contributed by atoms with van der Waals surface area (Å²) in [7, 11) is 0. The summed E-state index contributed by atoms with van der Waals surface area (Å²) in [6.45, 7) is 3.11. The number of hydrogen-bond donors (Lipinski definition) is 2. The molecule has 1 aromatic heterocycles. The Hall–Kier alpha value is -1.85. The Morgan fingerprint density at radius 2 is 2.17 bits per heavy atom. The zero-order valence-corrected chi connectivity index (χ0v) is 10.5. The van der Waals surface area contributed by atoms with Crippen LogP contribution < -0.4 is 5.32 Å². The van der Waals surface area contributed by atoms with Crippen molar-refractivity contribution in [2.45, 2.75) is 38.6 Å². The number of anilines is 1. The highest BCUT2D eigenvalue weighted by Crippen LogP contribution is 2.27. The van der Waals surface area contributed by atoms with E-state index in [0.717, 1.165) is 19.3 Å². The second-order valence-electron chi connectivity index (χ2n) is 5.15. The SMILES string of the molecule is CC(C)(C(=O)O)n1cc(NC(=O)C2CCC2)cn1. The standard InChI is InChI=1S/C12H17N3O3/c1-12(2,11(17)18)15-7-9(6-13-15)14-10(16)8-4-3-5-8/h6-8H,3-5H2,1-2H3,(H,14,16)(H,17,18). The maximum absolute atomic E-state index is 11.7. The van der Waals surface area contributed by atoms with Crippen molar-refractivity contribution in [2.24, 2.45) is 5.92 Å². The quantitative estimate of drug-likeness (QED) is 0.848. The Morgan fingerprint density at radius 3 is 2.67 bits per heavy atom. The van der Waals surface area contributed by atoms with Crippen molar-refractivity contribution in [2.75, 3.05) is 5.32 Å². The molecule has 0 unspecified atom stereocenters. The molecule has 1 amide bonds. The number of aromatic nitrogens is 2. The number of carboxylic acids is 1. The average molecular weight is 251 g/mol. The van der Waals surface area contributed by atoms with Crippen LogP contribution in [0.25, 0.3) is 0 Å². The lowest BCUT2D eigenvalue weighted by atomic mass is 9.85. The topological polar surface area (TPSA) is 84.2 Å². The van der Waals surface area contributed by atoms with Gasteiger partial charge in [0.05, 0.1) is 11.9 Å². The van der Waals surface area contributed by atoms with Gasteiger partial charge in [0.15, 0.2) is 5.54 Å². The summed E-state index contributed by atoms with van der Waals surface area (Å²) in [5, 5.41) is 15.8. The Balaban J connectivity index is 2.06. The Kier molecular flexibility index (Phi) is 3.11. The van der Waals surface area contributed by atoms with E-state index in [-0.39, 0.29) is 11.8 Å². The van der Waals surface area contributed by atoms with Gasteiger partial charge in [-0.3, -0.25) is 9.48 Å². The van der Waals surface area contributed by atoms with E-state index >= 15 is 0 Å². The van der Waals surface area contributed by atoms with Crippen LogP contribution in [0.4, 0.5) is 5.69 Å². The van der Waals surface area contributed by atoms with E-state index in [0.29, 0.717) is 5.69 Å². The number of nitrogens with zero attached hydrogens (tertiary/aromatic N) is 2. The molecule has 2 N–H and O–H groups in total. The highest BCUT2D eigenvalue weighted by atomic mass is 16.4. The van der Waals surface area contributed by atoms with E-state index in [1.807, 2.05) is 0 Å². The number of amides is 1. The predicted octanol–water partition coefficient (Wildman–Crippen LogP) is 1.44. The van der Waals surface area contributed by atoms with Crippen LogP contribution in [-0.2, 0) is 15.1 Å². The van der Waals surface area contributed by atoms with E-state index in [4.69, 9.17) is 5.11 Å². The van der Waals surface area contributed by atoms with Gasteiger partial charge < -0.3 is 10.4 Å². The van der Waals surface area contributed by atoms with Gasteiger partial charge in [0, 0.05) is 12.1 Å². The molecule has 1 aliphatic carbocycles. The molecule has 18 heavy (non-hydrogen) atoms. The fourth-order valence-corrected chi connectivity index (χ4v) is 1.71. The third-order valence-corrected chi connectivity index (χ3v) is 3.42. The van der Waals surface area contributed by atoms with Crippen LogP contribution in [0.3, 0.4) is 0 Å². The lowest BCUT2D eigenvalue weighted by Gasteiger charge is -2.23. The molecule has 1 aromatic rings. The molecule has 1 saturated carbocycles. The van der Waals surface area contributed by atoms with Gasteiger partial charge in [-0.25, -0.2) is 4.79 Å². The number of hydrogen-bond acceptors (Lipinski definition) is 3. The Labute approximate surface area is 105 Å². The van der Waals surface area contributed by atoms with Gasteiger partial charge in [-0.2, -0.15) is 5.10 Å². The molecule has 2 rings (SSSR count). The largest absolute Gasteiger partial charge is 0.479 e. The lowest BCUT2D eigenvalue weighted by Crippen LogP contribution is -2.36. The lowest BCUT2D eigenvalue weighted by molar-refractivity contribution is -0.146. The zero-order valence-electron chi connectivity index (χ0n) is 10.5. The minimum Gasteiger partial charge on any atom is -0.479 e. The predicted molar refractivity (Wildman–Crippen MR) is 65.2 cm³/mol. The van der Waals surface area contributed by atoms with Gasteiger partial charge in [0.2, 0.25) is 5.91 Å². The van der Waals surface area contributed by atoms with Crippen molar-refractivity contribution >= 4 is 17.6 Å². The molecule has 6 heteroatoms. The monoisotopic (exact) mass is 251 g/mol. The van der Waals surface area contributed by atoms with Crippen molar-refractivity contribution in [3.63, 3.8) is 0 Å². The van der Waals surface area contributed by atoms with Crippen LogP contribution in [-0.4, -0.2) is 26.8 Å². The summed E-state index contributed by atoms with van der Waals surface area (Å²) < 4.78 is 1.34. The molecule has 0 aromatic carbocycles. The fraction of sp³-hybridized carbons (Fsp3) is 0.583. The highest BCUT2D eigenvalue weighted by molar-refractivity contribution is 5.92. The summed E-state index contributed by atoms with van der Waals surface area (Å²) in [6.07, 6.45) is 5.98. The van der Waals surface area contributed by atoms with Gasteiger partial charge in [0.1, 0.15) is 0 Å². The van der Waals surface area contributed by atoms with Gasteiger partial charge in [-0.05, 0) is 26.7 Å². The molecule has 0 bridgehead atoms. The molecule has 1 heterocycles. The summed E-state index contributed by atoms with van der Waals surface area (Å²) >= 11 is 0. The van der Waals surface area contributed by atoms with Gasteiger partial charge in [-0.1, -0.05) is 6.42 Å². The van der Waals surface area contributed by atoms with Crippen molar-refractivity contribution < 1.29 is 14.7 Å². The fourth-order valence-electron chi connectivity index (χ4n) is 1.71. The van der Waals surface area contributed by atoms with Crippen LogP contribution in [0.15, 0.2) is 12.4 Å². The summed E-state index contributed by atoms with van der Waals surface area (Å²) in [6, 6.07) is 0. The van der Waals surface area contributed by atoms with E-state index < -0.39 is 11.5 Å². The van der Waals surface area contributed by atoms with Crippen molar-refractivity contribution in [1.82, 2.24) is 9.78 Å². The Morgan fingerprint density at radius 1 is 1.50 bits per heavy atom. The second kappa shape index (κ2) is 4.44. The molecule has 1 fully saturated rings. The molecule has 0 radical (unpaired) electrons. The summed E-state index contributed by atoms with van der Waals surface area (Å²) in [5.74, 6) is -0.878. The maximum Gasteiger partial charge on any atom is 0.331 e. The number of carboxylic acid groups (broad SMARTS) is 1. The van der Waals surface area contributed by atoms with E-state index in [1.54, 1.807) is 20.0 Å². The normalized spacial score (nSPS) is 16.1. The van der Waals surface area contributed by atoms with Crippen LogP contribution in [0.5, 0.6) is 0 Å². The second-order valence-corrected chi connectivity index (χ2v) is 5.15.